The predicted molar refractivity (Wildman–Crippen MR) is 51.4 cm³/mol. The molecule has 0 saturated carbocycles. The standard InChI is InChI=1S/C8H5F2IN2/c1-4-3-13-8(11)6(7(9)10)5(4)2-12/h3,7H,1H3. The van der Waals surface area contributed by atoms with Crippen molar-refractivity contribution in [3.8, 4) is 6.07 Å². The van der Waals surface area contributed by atoms with Crippen LogP contribution in [0.3, 0.4) is 0 Å². The molecule has 0 bridgehead atoms. The van der Waals surface area contributed by atoms with Crippen molar-refractivity contribution >= 4 is 22.6 Å². The highest BCUT2D eigenvalue weighted by Crippen LogP contribution is 2.27. The summed E-state index contributed by atoms with van der Waals surface area (Å²) in [6, 6.07) is 1.76. The topological polar surface area (TPSA) is 36.7 Å². The molecular weight excluding hydrogens is 289 g/mol. The third-order valence-corrected chi connectivity index (χ3v) is 2.45. The molecule has 0 N–H and O–H groups in total. The van der Waals surface area contributed by atoms with Crippen molar-refractivity contribution in [1.29, 1.82) is 5.26 Å². The maximum atomic E-state index is 12.5. The number of alkyl halides is 2. The van der Waals surface area contributed by atoms with Gasteiger partial charge in [-0.3, -0.25) is 0 Å². The van der Waals surface area contributed by atoms with E-state index in [-0.39, 0.29) is 14.8 Å². The Labute approximate surface area is 87.7 Å². The van der Waals surface area contributed by atoms with Gasteiger partial charge in [0.2, 0.25) is 0 Å². The summed E-state index contributed by atoms with van der Waals surface area (Å²) in [5.41, 5.74) is 0.260. The van der Waals surface area contributed by atoms with Crippen LogP contribution < -0.4 is 0 Å². The molecule has 0 radical (unpaired) electrons. The van der Waals surface area contributed by atoms with Gasteiger partial charge < -0.3 is 0 Å². The van der Waals surface area contributed by atoms with Crippen LogP contribution in [-0.4, -0.2) is 4.98 Å². The maximum Gasteiger partial charge on any atom is 0.267 e. The molecular formula is C8H5F2IN2. The fraction of sp³-hybridized carbons (Fsp3) is 0.250. The van der Waals surface area contributed by atoms with Crippen molar-refractivity contribution in [3.63, 3.8) is 0 Å². The number of nitriles is 1. The summed E-state index contributed by atoms with van der Waals surface area (Å²) in [6.45, 7) is 1.59. The Balaban J connectivity index is 3.46. The van der Waals surface area contributed by atoms with Crippen LogP contribution >= 0.6 is 22.6 Å². The molecule has 2 nitrogen and oxygen atoms in total. The number of rotatable bonds is 1. The number of nitrogens with zero attached hydrogens (tertiary/aromatic N) is 2. The Morgan fingerprint density at radius 1 is 1.62 bits per heavy atom. The number of pyridine rings is 1. The second kappa shape index (κ2) is 3.96. The molecule has 1 aromatic rings. The van der Waals surface area contributed by atoms with Gasteiger partial charge in [0.05, 0.1) is 11.1 Å². The molecule has 1 heterocycles. The second-order valence-electron chi connectivity index (χ2n) is 2.43. The first-order valence-electron chi connectivity index (χ1n) is 3.41. The van der Waals surface area contributed by atoms with Crippen LogP contribution in [0.15, 0.2) is 6.20 Å². The Bertz CT molecular complexity index is 371. The lowest BCUT2D eigenvalue weighted by Crippen LogP contribution is -2.00. The van der Waals surface area contributed by atoms with Gasteiger partial charge >= 0.3 is 0 Å². The van der Waals surface area contributed by atoms with Crippen LogP contribution in [0.2, 0.25) is 0 Å². The molecule has 0 aliphatic carbocycles. The van der Waals surface area contributed by atoms with E-state index in [1.54, 1.807) is 35.6 Å². The van der Waals surface area contributed by atoms with Gasteiger partial charge in [-0.15, -0.1) is 0 Å². The van der Waals surface area contributed by atoms with Crippen LogP contribution in [0.4, 0.5) is 8.78 Å². The average molecular weight is 294 g/mol. The molecule has 0 unspecified atom stereocenters. The Hall–Kier alpha value is -0.770. The third-order valence-electron chi connectivity index (χ3n) is 1.59. The van der Waals surface area contributed by atoms with Gasteiger partial charge in [0.1, 0.15) is 9.77 Å². The first kappa shape index (κ1) is 10.3. The first-order valence-corrected chi connectivity index (χ1v) is 4.49. The zero-order valence-corrected chi connectivity index (χ0v) is 8.84. The summed E-state index contributed by atoms with van der Waals surface area (Å²) < 4.78 is 25.1. The summed E-state index contributed by atoms with van der Waals surface area (Å²) in [5.74, 6) is 0. The molecule has 0 spiro atoms. The minimum atomic E-state index is -2.64. The molecule has 68 valence electrons. The molecule has 0 atom stereocenters. The van der Waals surface area contributed by atoms with Crippen molar-refractivity contribution in [1.82, 2.24) is 4.98 Å². The maximum absolute atomic E-state index is 12.5. The molecule has 0 aliphatic heterocycles. The highest BCUT2D eigenvalue weighted by Gasteiger charge is 2.19. The monoisotopic (exact) mass is 294 g/mol. The molecule has 1 rings (SSSR count). The minimum absolute atomic E-state index is 0.0365. The van der Waals surface area contributed by atoms with E-state index in [1.165, 1.54) is 6.20 Å². The smallest absolute Gasteiger partial charge is 0.249 e. The van der Waals surface area contributed by atoms with Crippen molar-refractivity contribution in [2.75, 3.05) is 0 Å². The van der Waals surface area contributed by atoms with E-state index < -0.39 is 6.43 Å². The van der Waals surface area contributed by atoms with Crippen LogP contribution in [0.1, 0.15) is 23.1 Å². The van der Waals surface area contributed by atoms with Crippen LogP contribution in [0.5, 0.6) is 0 Å². The van der Waals surface area contributed by atoms with Crippen molar-refractivity contribution < 1.29 is 8.78 Å². The summed E-state index contributed by atoms with van der Waals surface area (Å²) in [6.07, 6.45) is -1.22. The van der Waals surface area contributed by atoms with Crippen molar-refractivity contribution in [2.45, 2.75) is 13.3 Å². The summed E-state index contributed by atoms with van der Waals surface area (Å²) in [7, 11) is 0. The zero-order valence-electron chi connectivity index (χ0n) is 6.68. The number of aryl methyl sites for hydroxylation is 1. The van der Waals surface area contributed by atoms with E-state index in [1.807, 2.05) is 0 Å². The summed E-state index contributed by atoms with van der Waals surface area (Å²) in [4.78, 5) is 3.76. The van der Waals surface area contributed by atoms with E-state index in [0.29, 0.717) is 5.56 Å². The zero-order chi connectivity index (χ0) is 10.0. The van der Waals surface area contributed by atoms with Crippen LogP contribution in [0, 0.1) is 22.0 Å². The van der Waals surface area contributed by atoms with Crippen LogP contribution in [-0.2, 0) is 0 Å². The fourth-order valence-electron chi connectivity index (χ4n) is 0.951. The molecule has 0 amide bonds. The van der Waals surface area contributed by atoms with Gasteiger partial charge in [-0.1, -0.05) is 0 Å². The van der Waals surface area contributed by atoms with E-state index in [4.69, 9.17) is 5.26 Å². The number of hydrogen-bond acceptors (Lipinski definition) is 2. The van der Waals surface area contributed by atoms with Gasteiger partial charge in [-0.2, -0.15) is 5.26 Å². The minimum Gasteiger partial charge on any atom is -0.249 e. The molecule has 1 aromatic heterocycles. The highest BCUT2D eigenvalue weighted by molar-refractivity contribution is 14.1. The molecule has 0 aliphatic rings. The molecule has 5 heteroatoms. The fourth-order valence-corrected chi connectivity index (χ4v) is 1.60. The number of hydrogen-bond donors (Lipinski definition) is 0. The normalized spacial score (nSPS) is 10.2. The Morgan fingerprint density at radius 2 is 2.23 bits per heavy atom. The largest absolute Gasteiger partial charge is 0.267 e. The Kier molecular flexibility index (Phi) is 3.14. The van der Waals surface area contributed by atoms with Crippen molar-refractivity contribution in [2.24, 2.45) is 0 Å². The molecule has 0 aromatic carbocycles. The van der Waals surface area contributed by atoms with Gasteiger partial charge in [-0.25, -0.2) is 13.8 Å². The Morgan fingerprint density at radius 3 is 2.62 bits per heavy atom. The first-order chi connectivity index (χ1) is 6.07. The number of aromatic nitrogens is 1. The second-order valence-corrected chi connectivity index (χ2v) is 3.46. The van der Waals surface area contributed by atoms with E-state index >= 15 is 0 Å². The highest BCUT2D eigenvalue weighted by atomic mass is 127. The number of halogens is 3. The van der Waals surface area contributed by atoms with Gasteiger partial charge in [0.25, 0.3) is 6.43 Å². The predicted octanol–water partition coefficient (Wildman–Crippen LogP) is 2.80. The van der Waals surface area contributed by atoms with Gasteiger partial charge in [0, 0.05) is 6.20 Å². The van der Waals surface area contributed by atoms with E-state index in [0.717, 1.165) is 0 Å². The molecule has 0 saturated heterocycles. The molecule has 0 fully saturated rings. The lowest BCUT2D eigenvalue weighted by atomic mass is 10.1. The average Bonchev–Trinajstić information content (AvgIpc) is 2.07. The van der Waals surface area contributed by atoms with Gasteiger partial charge in [-0.05, 0) is 35.1 Å². The lowest BCUT2D eigenvalue weighted by Gasteiger charge is -2.06. The third kappa shape index (κ3) is 1.94. The SMILES string of the molecule is Cc1cnc(I)c(C(F)F)c1C#N. The van der Waals surface area contributed by atoms with Gasteiger partial charge in [0.15, 0.2) is 0 Å². The lowest BCUT2D eigenvalue weighted by molar-refractivity contribution is 0.149. The summed E-state index contributed by atoms with van der Waals surface area (Å²) in [5, 5.41) is 8.66. The van der Waals surface area contributed by atoms with Crippen LogP contribution in [0.25, 0.3) is 0 Å². The molecule has 13 heavy (non-hydrogen) atoms. The van der Waals surface area contributed by atoms with Crippen molar-refractivity contribution in [3.05, 3.63) is 26.6 Å². The summed E-state index contributed by atoms with van der Waals surface area (Å²) >= 11 is 1.70. The van der Waals surface area contributed by atoms with E-state index in [9.17, 15) is 8.78 Å². The quantitative estimate of drug-likeness (QED) is 0.590. The van der Waals surface area contributed by atoms with E-state index in [2.05, 4.69) is 4.98 Å².